The average Bonchev–Trinajstić information content (AvgIpc) is 3.32. The summed E-state index contributed by atoms with van der Waals surface area (Å²) >= 11 is 4.64. The number of benzene rings is 1. The van der Waals surface area contributed by atoms with Gasteiger partial charge in [-0.3, -0.25) is 9.59 Å². The molecule has 2 aromatic rings. The van der Waals surface area contributed by atoms with Crippen molar-refractivity contribution < 1.29 is 19.1 Å². The zero-order valence-corrected chi connectivity index (χ0v) is 19.6. The van der Waals surface area contributed by atoms with E-state index in [1.54, 1.807) is 23.1 Å². The summed E-state index contributed by atoms with van der Waals surface area (Å²) < 4.78 is 6.13. The summed E-state index contributed by atoms with van der Waals surface area (Å²) in [6, 6.07) is 8.66. The first-order valence-electron chi connectivity index (χ1n) is 10.3. The molecule has 1 unspecified atom stereocenters. The Morgan fingerprint density at radius 1 is 1.16 bits per heavy atom. The van der Waals surface area contributed by atoms with Gasteiger partial charge >= 0.3 is 6.09 Å². The van der Waals surface area contributed by atoms with Gasteiger partial charge in [-0.05, 0) is 78.0 Å². The molecule has 3 amide bonds. The number of likely N-dealkylation sites (tertiary alicyclic amines) is 1. The van der Waals surface area contributed by atoms with E-state index in [2.05, 4.69) is 21.2 Å². The van der Waals surface area contributed by atoms with Crippen LogP contribution in [0, 0.1) is 6.92 Å². The molecule has 2 saturated heterocycles. The number of carbonyl (C=O) groups is 3. The first-order valence-corrected chi connectivity index (χ1v) is 12.0. The zero-order chi connectivity index (χ0) is 22.0. The van der Waals surface area contributed by atoms with Crippen molar-refractivity contribution in [2.45, 2.75) is 38.6 Å². The number of rotatable bonds is 4. The Kier molecular flexibility index (Phi) is 6.62. The van der Waals surface area contributed by atoms with E-state index in [1.807, 2.05) is 24.0 Å². The van der Waals surface area contributed by atoms with Gasteiger partial charge in [-0.15, -0.1) is 0 Å². The van der Waals surface area contributed by atoms with Crippen LogP contribution >= 0.6 is 27.3 Å². The topological polar surface area (TPSA) is 79.0 Å². The van der Waals surface area contributed by atoms with Crippen molar-refractivity contribution in [2.75, 3.05) is 24.5 Å². The summed E-state index contributed by atoms with van der Waals surface area (Å²) in [5, 5.41) is 3.24. The van der Waals surface area contributed by atoms with Gasteiger partial charge in [0.25, 0.3) is 5.91 Å². The molecule has 0 radical (unpaired) electrons. The van der Waals surface area contributed by atoms with E-state index in [4.69, 9.17) is 4.74 Å². The van der Waals surface area contributed by atoms with E-state index >= 15 is 0 Å². The second-order valence-corrected chi connectivity index (χ2v) is 10.3. The molecule has 1 aromatic heterocycles. The SMILES string of the molecule is Cc1cc(N2CC(NC(=O)Oc3ccc(Br)s3)CC2=O)ccc1C(=O)N1CCCCC1. The molecule has 1 atom stereocenters. The smallest absolute Gasteiger partial charge is 0.399 e. The Bertz CT molecular complexity index is 1000. The van der Waals surface area contributed by atoms with Crippen LogP contribution in [0.3, 0.4) is 0 Å². The number of halogens is 1. The van der Waals surface area contributed by atoms with Crippen LogP contribution in [0.25, 0.3) is 0 Å². The Morgan fingerprint density at radius 3 is 2.61 bits per heavy atom. The van der Waals surface area contributed by atoms with Gasteiger partial charge in [0, 0.05) is 37.3 Å². The number of hydrogen-bond acceptors (Lipinski definition) is 5. The normalized spacial score (nSPS) is 18.9. The Morgan fingerprint density at radius 2 is 1.94 bits per heavy atom. The van der Waals surface area contributed by atoms with Gasteiger partial charge in [-0.25, -0.2) is 4.79 Å². The van der Waals surface area contributed by atoms with Gasteiger partial charge in [0.2, 0.25) is 5.91 Å². The van der Waals surface area contributed by atoms with Gasteiger partial charge in [-0.2, -0.15) is 0 Å². The summed E-state index contributed by atoms with van der Waals surface area (Å²) in [6.45, 7) is 3.86. The fourth-order valence-corrected chi connectivity index (χ4v) is 5.21. The third-order valence-corrected chi connectivity index (χ3v) is 7.09. The number of nitrogens with one attached hydrogen (secondary N) is 1. The fraction of sp³-hybridized carbons (Fsp3) is 0.409. The second kappa shape index (κ2) is 9.40. The van der Waals surface area contributed by atoms with Crippen LogP contribution in [0.5, 0.6) is 5.06 Å². The van der Waals surface area contributed by atoms with Crippen molar-refractivity contribution >= 4 is 50.9 Å². The molecule has 4 rings (SSSR count). The number of nitrogens with zero attached hydrogens (tertiary/aromatic N) is 2. The van der Waals surface area contributed by atoms with E-state index in [9.17, 15) is 14.4 Å². The van der Waals surface area contributed by atoms with Gasteiger partial charge in [0.15, 0.2) is 5.06 Å². The van der Waals surface area contributed by atoms with Crippen molar-refractivity contribution in [3.05, 3.63) is 45.2 Å². The molecule has 7 nitrogen and oxygen atoms in total. The number of thiophene rings is 1. The molecule has 9 heteroatoms. The van der Waals surface area contributed by atoms with E-state index in [0.717, 1.165) is 41.0 Å². The molecule has 2 fully saturated rings. The number of aryl methyl sites for hydroxylation is 1. The minimum atomic E-state index is -0.576. The third-order valence-electron chi connectivity index (χ3n) is 5.58. The molecule has 3 heterocycles. The Balaban J connectivity index is 1.39. The van der Waals surface area contributed by atoms with Crippen molar-refractivity contribution in [3.8, 4) is 5.06 Å². The molecule has 0 saturated carbocycles. The maximum atomic E-state index is 12.8. The molecular formula is C22H24BrN3O4S. The number of ether oxygens (including phenoxy) is 1. The molecule has 2 aliphatic heterocycles. The second-order valence-electron chi connectivity index (χ2n) is 7.85. The van der Waals surface area contributed by atoms with Crippen molar-refractivity contribution in [1.82, 2.24) is 10.2 Å². The average molecular weight is 506 g/mol. The zero-order valence-electron chi connectivity index (χ0n) is 17.2. The van der Waals surface area contributed by atoms with E-state index in [0.29, 0.717) is 17.2 Å². The number of carbonyl (C=O) groups excluding carboxylic acids is 3. The highest BCUT2D eigenvalue weighted by Gasteiger charge is 2.32. The lowest BCUT2D eigenvalue weighted by Crippen LogP contribution is -2.38. The molecule has 2 aliphatic rings. The summed E-state index contributed by atoms with van der Waals surface area (Å²) in [6.07, 6.45) is 2.90. The minimum Gasteiger partial charge on any atom is -0.399 e. The lowest BCUT2D eigenvalue weighted by Gasteiger charge is -2.27. The highest BCUT2D eigenvalue weighted by atomic mass is 79.9. The molecule has 1 aromatic carbocycles. The number of amides is 3. The third kappa shape index (κ3) is 5.10. The maximum Gasteiger partial charge on any atom is 0.413 e. The first-order chi connectivity index (χ1) is 14.9. The summed E-state index contributed by atoms with van der Waals surface area (Å²) in [4.78, 5) is 41.1. The van der Waals surface area contributed by atoms with E-state index in [1.165, 1.54) is 17.8 Å². The van der Waals surface area contributed by atoms with Crippen LogP contribution < -0.4 is 15.0 Å². The molecule has 0 bridgehead atoms. The van der Waals surface area contributed by atoms with Crippen LogP contribution in [0.15, 0.2) is 34.1 Å². The molecule has 0 spiro atoms. The fourth-order valence-electron chi connectivity index (χ4n) is 4.02. The predicted octanol–water partition coefficient (Wildman–Crippen LogP) is 4.34. The highest BCUT2D eigenvalue weighted by molar-refractivity contribution is 9.11. The summed E-state index contributed by atoms with van der Waals surface area (Å²) in [5.41, 5.74) is 2.26. The van der Waals surface area contributed by atoms with Crippen LogP contribution in [0.1, 0.15) is 41.6 Å². The van der Waals surface area contributed by atoms with Gasteiger partial charge < -0.3 is 19.9 Å². The highest BCUT2D eigenvalue weighted by Crippen LogP contribution is 2.29. The Hall–Kier alpha value is -2.39. The minimum absolute atomic E-state index is 0.0546. The van der Waals surface area contributed by atoms with Crippen LogP contribution in [-0.4, -0.2) is 48.5 Å². The first kappa shape index (κ1) is 21.8. The molecule has 164 valence electrons. The van der Waals surface area contributed by atoms with Crippen molar-refractivity contribution in [2.24, 2.45) is 0 Å². The molecule has 31 heavy (non-hydrogen) atoms. The lowest BCUT2D eigenvalue weighted by molar-refractivity contribution is -0.117. The predicted molar refractivity (Wildman–Crippen MR) is 123 cm³/mol. The standard InChI is InChI=1S/C22H24BrN3O4S/c1-14-11-16(5-6-17(14)21(28)25-9-3-2-4-10-25)26-13-15(12-19(26)27)24-22(29)30-20-8-7-18(23)31-20/h5-8,11,15H,2-4,9-10,12-13H2,1H3,(H,24,29). The number of hydrogen-bond donors (Lipinski definition) is 1. The largest absolute Gasteiger partial charge is 0.413 e. The quantitative estimate of drug-likeness (QED) is 0.670. The number of anilines is 1. The summed E-state index contributed by atoms with van der Waals surface area (Å²) in [7, 11) is 0. The summed E-state index contributed by atoms with van der Waals surface area (Å²) in [5.74, 6) is -0.0160. The lowest BCUT2D eigenvalue weighted by atomic mass is 10.0. The molecule has 1 N–H and O–H groups in total. The van der Waals surface area contributed by atoms with Crippen molar-refractivity contribution in [3.63, 3.8) is 0 Å². The Labute approximate surface area is 193 Å². The molecule has 0 aliphatic carbocycles. The van der Waals surface area contributed by atoms with Crippen molar-refractivity contribution in [1.29, 1.82) is 0 Å². The van der Waals surface area contributed by atoms with E-state index in [-0.39, 0.29) is 24.3 Å². The van der Waals surface area contributed by atoms with Gasteiger partial charge in [-0.1, -0.05) is 11.3 Å². The van der Waals surface area contributed by atoms with Crippen LogP contribution in [0.2, 0.25) is 0 Å². The van der Waals surface area contributed by atoms with Gasteiger partial charge in [0.1, 0.15) is 0 Å². The molecular weight excluding hydrogens is 482 g/mol. The van der Waals surface area contributed by atoms with Gasteiger partial charge in [0.05, 0.1) is 9.83 Å². The number of piperidine rings is 1. The van der Waals surface area contributed by atoms with Crippen LogP contribution in [-0.2, 0) is 4.79 Å². The monoisotopic (exact) mass is 505 g/mol. The van der Waals surface area contributed by atoms with Crippen LogP contribution in [0.4, 0.5) is 10.5 Å². The maximum absolute atomic E-state index is 12.8. The van der Waals surface area contributed by atoms with E-state index < -0.39 is 6.09 Å².